The third-order valence-electron chi connectivity index (χ3n) is 3.94. The Bertz CT molecular complexity index is 1160. The third-order valence-corrected chi connectivity index (χ3v) is 4.79. The standard InChI is InChI=1S/C19H14Cl2N2O5/c1-10(24)22-23-9-16(28-19(26)27)18(25)13-8-11(5-6-15(13)23)7-12-3-2-4-14(20)17(12)21/h2-6,8-9H,7H2,1H3,(H,22,24)(H,26,27). The number of halogens is 2. The molecule has 3 aromatic rings. The van der Waals surface area contributed by atoms with Crippen molar-refractivity contribution in [2.75, 3.05) is 5.43 Å². The molecule has 3 rings (SSSR count). The Morgan fingerprint density at radius 1 is 1.21 bits per heavy atom. The average Bonchev–Trinajstić information content (AvgIpc) is 2.62. The van der Waals surface area contributed by atoms with E-state index < -0.39 is 23.2 Å². The second kappa shape index (κ2) is 7.92. The number of nitrogens with one attached hydrogen (secondary N) is 1. The van der Waals surface area contributed by atoms with Crippen molar-refractivity contribution in [1.82, 2.24) is 4.68 Å². The molecule has 0 bridgehead atoms. The topological polar surface area (TPSA) is 97.6 Å². The molecule has 28 heavy (non-hydrogen) atoms. The normalized spacial score (nSPS) is 10.7. The molecule has 0 fully saturated rings. The third kappa shape index (κ3) is 4.11. The van der Waals surface area contributed by atoms with Gasteiger partial charge in [0.05, 0.1) is 27.1 Å². The predicted octanol–water partition coefficient (Wildman–Crippen LogP) is 4.05. The summed E-state index contributed by atoms with van der Waals surface area (Å²) in [6.07, 6.45) is -0.111. The van der Waals surface area contributed by atoms with E-state index in [0.29, 0.717) is 22.0 Å². The molecule has 2 aromatic carbocycles. The first-order valence-electron chi connectivity index (χ1n) is 8.06. The zero-order valence-electron chi connectivity index (χ0n) is 14.5. The van der Waals surface area contributed by atoms with Crippen LogP contribution in [0, 0.1) is 0 Å². The Labute approximate surface area is 169 Å². The van der Waals surface area contributed by atoms with Gasteiger partial charge in [0, 0.05) is 6.92 Å². The van der Waals surface area contributed by atoms with E-state index in [0.717, 1.165) is 17.3 Å². The number of nitrogens with zero attached hydrogens (tertiary/aromatic N) is 1. The predicted molar refractivity (Wildman–Crippen MR) is 106 cm³/mol. The lowest BCUT2D eigenvalue weighted by molar-refractivity contribution is -0.115. The number of ether oxygens (including phenoxy) is 1. The van der Waals surface area contributed by atoms with Gasteiger partial charge in [0.15, 0.2) is 0 Å². The van der Waals surface area contributed by atoms with Gasteiger partial charge in [-0.05, 0) is 35.7 Å². The molecule has 144 valence electrons. The van der Waals surface area contributed by atoms with Crippen molar-refractivity contribution in [3.8, 4) is 5.75 Å². The molecular weight excluding hydrogens is 407 g/mol. The number of pyridine rings is 1. The van der Waals surface area contributed by atoms with E-state index >= 15 is 0 Å². The van der Waals surface area contributed by atoms with Crippen molar-refractivity contribution in [2.45, 2.75) is 13.3 Å². The number of carboxylic acid groups (broad SMARTS) is 1. The second-order valence-electron chi connectivity index (χ2n) is 5.97. The summed E-state index contributed by atoms with van der Waals surface area (Å²) >= 11 is 12.3. The lowest BCUT2D eigenvalue weighted by Crippen LogP contribution is -2.24. The zero-order chi connectivity index (χ0) is 20.4. The van der Waals surface area contributed by atoms with E-state index in [2.05, 4.69) is 10.2 Å². The molecular formula is C19H14Cl2N2O5. The lowest BCUT2D eigenvalue weighted by Gasteiger charge is -2.14. The summed E-state index contributed by atoms with van der Waals surface area (Å²) in [6, 6.07) is 10.3. The van der Waals surface area contributed by atoms with E-state index in [1.807, 2.05) is 6.07 Å². The molecule has 0 unspecified atom stereocenters. The molecule has 1 heterocycles. The molecule has 1 amide bonds. The quantitative estimate of drug-likeness (QED) is 0.620. The minimum absolute atomic E-state index is 0.183. The first-order chi connectivity index (χ1) is 13.3. The second-order valence-corrected chi connectivity index (χ2v) is 6.75. The molecule has 0 atom stereocenters. The van der Waals surface area contributed by atoms with Gasteiger partial charge in [-0.3, -0.25) is 19.7 Å². The molecule has 9 heteroatoms. The summed E-state index contributed by atoms with van der Waals surface area (Å²) in [5, 5.41) is 9.88. The maximum absolute atomic E-state index is 12.7. The monoisotopic (exact) mass is 420 g/mol. The van der Waals surface area contributed by atoms with Crippen LogP contribution in [0.3, 0.4) is 0 Å². The molecule has 2 N–H and O–H groups in total. The molecule has 0 radical (unpaired) electrons. The zero-order valence-corrected chi connectivity index (χ0v) is 16.0. The van der Waals surface area contributed by atoms with E-state index in [1.54, 1.807) is 30.3 Å². The van der Waals surface area contributed by atoms with Gasteiger partial charge in [-0.15, -0.1) is 0 Å². The molecule has 0 spiro atoms. The highest BCUT2D eigenvalue weighted by atomic mass is 35.5. The van der Waals surface area contributed by atoms with Crippen LogP contribution in [0.5, 0.6) is 5.75 Å². The summed E-state index contributed by atoms with van der Waals surface area (Å²) in [5.41, 5.74) is 3.79. The highest BCUT2D eigenvalue weighted by Gasteiger charge is 2.15. The maximum atomic E-state index is 12.7. The number of fused-ring (bicyclic) bond motifs is 1. The number of amides is 1. The Kier molecular flexibility index (Phi) is 5.58. The van der Waals surface area contributed by atoms with Crippen molar-refractivity contribution < 1.29 is 19.4 Å². The Morgan fingerprint density at radius 3 is 2.64 bits per heavy atom. The van der Waals surface area contributed by atoms with Crippen LogP contribution in [0.4, 0.5) is 4.79 Å². The molecule has 0 saturated heterocycles. The largest absolute Gasteiger partial charge is 0.511 e. The highest BCUT2D eigenvalue weighted by Crippen LogP contribution is 2.28. The van der Waals surface area contributed by atoms with E-state index in [9.17, 15) is 14.4 Å². The fourth-order valence-electron chi connectivity index (χ4n) is 2.80. The summed E-state index contributed by atoms with van der Waals surface area (Å²) in [6.45, 7) is 1.29. The summed E-state index contributed by atoms with van der Waals surface area (Å²) in [7, 11) is 0. The minimum atomic E-state index is -1.63. The Hall–Kier alpha value is -3.03. The SMILES string of the molecule is CC(=O)Nn1cc(OC(=O)O)c(=O)c2cc(Cc3cccc(Cl)c3Cl)ccc21. The van der Waals surface area contributed by atoms with Crippen LogP contribution >= 0.6 is 23.2 Å². The fraction of sp³-hybridized carbons (Fsp3) is 0.105. The first kappa shape index (κ1) is 19.7. The van der Waals surface area contributed by atoms with Crippen molar-refractivity contribution >= 4 is 46.2 Å². The lowest BCUT2D eigenvalue weighted by atomic mass is 10.0. The number of hydrogen-bond donors (Lipinski definition) is 2. The molecule has 7 nitrogen and oxygen atoms in total. The van der Waals surface area contributed by atoms with Crippen LogP contribution < -0.4 is 15.6 Å². The Morgan fingerprint density at radius 2 is 1.96 bits per heavy atom. The molecule has 0 saturated carbocycles. The van der Waals surface area contributed by atoms with Gasteiger partial charge < -0.3 is 9.84 Å². The molecule has 0 aliphatic heterocycles. The summed E-state index contributed by atoms with van der Waals surface area (Å²) < 4.78 is 5.81. The van der Waals surface area contributed by atoms with Crippen LogP contribution in [0.1, 0.15) is 18.1 Å². The van der Waals surface area contributed by atoms with Crippen molar-refractivity contribution in [3.63, 3.8) is 0 Å². The average molecular weight is 421 g/mol. The van der Waals surface area contributed by atoms with Gasteiger partial charge in [0.25, 0.3) is 0 Å². The smallest absolute Gasteiger partial charge is 0.449 e. The number of rotatable bonds is 4. The number of hydrogen-bond acceptors (Lipinski definition) is 4. The van der Waals surface area contributed by atoms with Crippen molar-refractivity contribution in [2.24, 2.45) is 0 Å². The van der Waals surface area contributed by atoms with Gasteiger partial charge in [-0.2, -0.15) is 0 Å². The minimum Gasteiger partial charge on any atom is -0.449 e. The van der Waals surface area contributed by atoms with E-state index in [4.69, 9.17) is 28.3 Å². The van der Waals surface area contributed by atoms with E-state index in [-0.39, 0.29) is 5.39 Å². The van der Waals surface area contributed by atoms with Crippen LogP contribution in [0.2, 0.25) is 10.0 Å². The van der Waals surface area contributed by atoms with Crippen LogP contribution in [-0.4, -0.2) is 21.8 Å². The van der Waals surface area contributed by atoms with Crippen LogP contribution in [0.15, 0.2) is 47.4 Å². The van der Waals surface area contributed by atoms with E-state index in [1.165, 1.54) is 11.6 Å². The first-order valence-corrected chi connectivity index (χ1v) is 8.81. The highest BCUT2D eigenvalue weighted by molar-refractivity contribution is 6.42. The number of carbonyl (C=O) groups excluding carboxylic acids is 1. The number of carbonyl (C=O) groups is 2. The summed E-state index contributed by atoms with van der Waals surface area (Å²) in [5.74, 6) is -0.826. The van der Waals surface area contributed by atoms with Crippen LogP contribution in [0.25, 0.3) is 10.9 Å². The van der Waals surface area contributed by atoms with Crippen molar-refractivity contribution in [3.05, 3.63) is 74.0 Å². The van der Waals surface area contributed by atoms with Gasteiger partial charge in [0.1, 0.15) is 0 Å². The number of benzene rings is 2. The molecule has 0 aliphatic carbocycles. The van der Waals surface area contributed by atoms with Gasteiger partial charge in [-0.1, -0.05) is 41.4 Å². The molecule has 1 aromatic heterocycles. The van der Waals surface area contributed by atoms with Gasteiger partial charge >= 0.3 is 6.16 Å². The number of aromatic nitrogens is 1. The van der Waals surface area contributed by atoms with Gasteiger partial charge in [-0.25, -0.2) is 4.79 Å². The molecule has 0 aliphatic rings. The van der Waals surface area contributed by atoms with Gasteiger partial charge in [0.2, 0.25) is 17.1 Å². The fourth-order valence-corrected chi connectivity index (χ4v) is 3.18. The Balaban J connectivity index is 2.14. The van der Waals surface area contributed by atoms with Crippen molar-refractivity contribution in [1.29, 1.82) is 0 Å². The van der Waals surface area contributed by atoms with Crippen LogP contribution in [-0.2, 0) is 11.2 Å². The maximum Gasteiger partial charge on any atom is 0.511 e. The summed E-state index contributed by atoms with van der Waals surface area (Å²) in [4.78, 5) is 35.0.